The van der Waals surface area contributed by atoms with Crippen molar-refractivity contribution in [1.29, 1.82) is 0 Å². The minimum atomic E-state index is -0.0349. The highest BCUT2D eigenvalue weighted by molar-refractivity contribution is 14.1. The van der Waals surface area contributed by atoms with Crippen molar-refractivity contribution in [3.63, 3.8) is 0 Å². The van der Waals surface area contributed by atoms with E-state index in [-0.39, 0.29) is 11.9 Å². The van der Waals surface area contributed by atoms with Crippen molar-refractivity contribution in [1.82, 2.24) is 4.90 Å². The van der Waals surface area contributed by atoms with Crippen LogP contribution in [-0.4, -0.2) is 43.7 Å². The lowest BCUT2D eigenvalue weighted by molar-refractivity contribution is -0.149. The van der Waals surface area contributed by atoms with Gasteiger partial charge in [0.15, 0.2) is 0 Å². The maximum atomic E-state index is 11.7. The molecular weight excluding hydrogens is 381 g/mol. The van der Waals surface area contributed by atoms with Crippen LogP contribution in [0.2, 0.25) is 0 Å². The van der Waals surface area contributed by atoms with Crippen molar-refractivity contribution in [2.45, 2.75) is 19.8 Å². The standard InChI is InChI=1S/C16H22INO3/c1-2-20-16(19)13-6-8-18(9-7-13)10-11-21-15-5-3-4-14(17)12-15/h3-5,12-13H,2,6-11H2,1H3. The Labute approximate surface area is 139 Å². The molecule has 2 rings (SSSR count). The number of ether oxygens (including phenoxy) is 2. The Bertz CT molecular complexity index is 459. The average Bonchev–Trinajstić information content (AvgIpc) is 2.48. The van der Waals surface area contributed by atoms with E-state index in [4.69, 9.17) is 9.47 Å². The molecule has 4 nitrogen and oxygen atoms in total. The molecule has 1 aliphatic rings. The predicted molar refractivity (Wildman–Crippen MR) is 90.5 cm³/mol. The summed E-state index contributed by atoms with van der Waals surface area (Å²) in [5.41, 5.74) is 0. The summed E-state index contributed by atoms with van der Waals surface area (Å²) in [5, 5.41) is 0. The third-order valence-corrected chi connectivity index (χ3v) is 4.35. The van der Waals surface area contributed by atoms with Crippen LogP contribution in [0, 0.1) is 9.49 Å². The van der Waals surface area contributed by atoms with E-state index >= 15 is 0 Å². The number of hydrogen-bond acceptors (Lipinski definition) is 4. The molecule has 116 valence electrons. The van der Waals surface area contributed by atoms with E-state index in [1.807, 2.05) is 31.2 Å². The van der Waals surface area contributed by atoms with Gasteiger partial charge >= 0.3 is 5.97 Å². The number of carbonyl (C=O) groups excluding carboxylic acids is 1. The molecule has 1 heterocycles. The summed E-state index contributed by atoms with van der Waals surface area (Å²) >= 11 is 2.28. The first kappa shape index (κ1) is 16.5. The quantitative estimate of drug-likeness (QED) is 0.541. The summed E-state index contributed by atoms with van der Waals surface area (Å²) in [6, 6.07) is 8.07. The van der Waals surface area contributed by atoms with E-state index in [1.165, 1.54) is 3.57 Å². The number of likely N-dealkylation sites (tertiary alicyclic amines) is 1. The fourth-order valence-electron chi connectivity index (χ4n) is 2.50. The smallest absolute Gasteiger partial charge is 0.309 e. The lowest BCUT2D eigenvalue weighted by atomic mass is 9.97. The van der Waals surface area contributed by atoms with Crippen molar-refractivity contribution < 1.29 is 14.3 Å². The van der Waals surface area contributed by atoms with Gasteiger partial charge in [0.2, 0.25) is 0 Å². The molecule has 0 amide bonds. The number of carbonyl (C=O) groups is 1. The van der Waals surface area contributed by atoms with Gasteiger partial charge in [-0.3, -0.25) is 9.69 Å². The first-order valence-electron chi connectivity index (χ1n) is 7.46. The van der Waals surface area contributed by atoms with Crippen LogP contribution in [0.5, 0.6) is 5.75 Å². The van der Waals surface area contributed by atoms with Crippen LogP contribution in [0.15, 0.2) is 24.3 Å². The lowest BCUT2D eigenvalue weighted by Crippen LogP contribution is -2.39. The topological polar surface area (TPSA) is 38.8 Å². The van der Waals surface area contributed by atoms with E-state index in [1.54, 1.807) is 0 Å². The third kappa shape index (κ3) is 5.47. The SMILES string of the molecule is CCOC(=O)C1CCN(CCOc2cccc(I)c2)CC1. The zero-order chi connectivity index (χ0) is 15.1. The number of piperidine rings is 1. The molecule has 1 saturated heterocycles. The predicted octanol–water partition coefficient (Wildman–Crippen LogP) is 2.95. The Morgan fingerprint density at radius 1 is 1.38 bits per heavy atom. The minimum absolute atomic E-state index is 0.0349. The number of hydrogen-bond donors (Lipinski definition) is 0. The van der Waals surface area contributed by atoms with Crippen molar-refractivity contribution >= 4 is 28.6 Å². The highest BCUT2D eigenvalue weighted by atomic mass is 127. The van der Waals surface area contributed by atoms with E-state index in [0.717, 1.165) is 38.2 Å². The van der Waals surface area contributed by atoms with Gasteiger partial charge in [0.05, 0.1) is 12.5 Å². The molecule has 21 heavy (non-hydrogen) atoms. The number of halogens is 1. The zero-order valence-electron chi connectivity index (χ0n) is 12.4. The number of benzene rings is 1. The summed E-state index contributed by atoms with van der Waals surface area (Å²) in [4.78, 5) is 14.0. The summed E-state index contributed by atoms with van der Waals surface area (Å²) in [6.45, 7) is 5.81. The minimum Gasteiger partial charge on any atom is -0.492 e. The summed E-state index contributed by atoms with van der Waals surface area (Å²) in [6.07, 6.45) is 1.78. The molecule has 0 radical (unpaired) electrons. The number of esters is 1. The van der Waals surface area contributed by atoms with Crippen LogP contribution < -0.4 is 4.74 Å². The third-order valence-electron chi connectivity index (χ3n) is 3.68. The van der Waals surface area contributed by atoms with Gasteiger partial charge in [-0.05, 0) is 73.6 Å². The second kappa shape index (κ2) is 8.58. The zero-order valence-corrected chi connectivity index (χ0v) is 14.5. The number of nitrogens with zero attached hydrogens (tertiary/aromatic N) is 1. The van der Waals surface area contributed by atoms with Gasteiger partial charge < -0.3 is 9.47 Å². The van der Waals surface area contributed by atoms with E-state index in [9.17, 15) is 4.79 Å². The fraction of sp³-hybridized carbons (Fsp3) is 0.562. The van der Waals surface area contributed by atoms with Gasteiger partial charge in [-0.25, -0.2) is 0 Å². The van der Waals surface area contributed by atoms with Gasteiger partial charge in [-0.15, -0.1) is 0 Å². The molecule has 0 unspecified atom stereocenters. The largest absolute Gasteiger partial charge is 0.492 e. The maximum absolute atomic E-state index is 11.7. The van der Waals surface area contributed by atoms with Crippen molar-refractivity contribution in [2.75, 3.05) is 32.8 Å². The normalized spacial score (nSPS) is 16.7. The lowest BCUT2D eigenvalue weighted by Gasteiger charge is -2.30. The average molecular weight is 403 g/mol. The molecule has 0 spiro atoms. The highest BCUT2D eigenvalue weighted by Crippen LogP contribution is 2.19. The molecule has 0 aliphatic carbocycles. The molecular formula is C16H22INO3. The van der Waals surface area contributed by atoms with Crippen LogP contribution in [0.3, 0.4) is 0 Å². The monoisotopic (exact) mass is 403 g/mol. The molecule has 1 aromatic rings. The van der Waals surface area contributed by atoms with E-state index in [0.29, 0.717) is 13.2 Å². The Hall–Kier alpha value is -0.820. The maximum Gasteiger partial charge on any atom is 0.309 e. The van der Waals surface area contributed by atoms with Crippen LogP contribution >= 0.6 is 22.6 Å². The molecule has 1 aromatic carbocycles. The summed E-state index contributed by atoms with van der Waals surface area (Å²) < 4.78 is 12.0. The van der Waals surface area contributed by atoms with Crippen LogP contribution in [0.25, 0.3) is 0 Å². The molecule has 1 aliphatic heterocycles. The summed E-state index contributed by atoms with van der Waals surface area (Å²) in [7, 11) is 0. The van der Waals surface area contributed by atoms with E-state index in [2.05, 4.69) is 27.5 Å². The molecule has 1 fully saturated rings. The van der Waals surface area contributed by atoms with Gasteiger partial charge in [-0.1, -0.05) is 6.07 Å². The molecule has 5 heteroatoms. The first-order chi connectivity index (χ1) is 10.2. The molecule has 0 saturated carbocycles. The molecule has 0 N–H and O–H groups in total. The van der Waals surface area contributed by atoms with Crippen LogP contribution in [-0.2, 0) is 9.53 Å². The second-order valence-electron chi connectivity index (χ2n) is 5.17. The van der Waals surface area contributed by atoms with Crippen molar-refractivity contribution in [2.24, 2.45) is 5.92 Å². The van der Waals surface area contributed by atoms with Crippen LogP contribution in [0.4, 0.5) is 0 Å². The highest BCUT2D eigenvalue weighted by Gasteiger charge is 2.25. The second-order valence-corrected chi connectivity index (χ2v) is 6.42. The Morgan fingerprint density at radius 2 is 2.14 bits per heavy atom. The molecule has 0 atom stereocenters. The Kier molecular flexibility index (Phi) is 6.76. The van der Waals surface area contributed by atoms with Gasteiger partial charge in [-0.2, -0.15) is 0 Å². The Balaban J connectivity index is 1.66. The molecule has 0 bridgehead atoms. The molecule has 0 aromatic heterocycles. The van der Waals surface area contributed by atoms with Crippen molar-refractivity contribution in [3.8, 4) is 5.75 Å². The van der Waals surface area contributed by atoms with Crippen LogP contribution in [0.1, 0.15) is 19.8 Å². The Morgan fingerprint density at radius 3 is 2.81 bits per heavy atom. The number of rotatable bonds is 6. The van der Waals surface area contributed by atoms with E-state index < -0.39 is 0 Å². The van der Waals surface area contributed by atoms with Gasteiger partial charge in [0.1, 0.15) is 12.4 Å². The fourth-order valence-corrected chi connectivity index (χ4v) is 3.02. The van der Waals surface area contributed by atoms with Crippen molar-refractivity contribution in [3.05, 3.63) is 27.8 Å². The van der Waals surface area contributed by atoms with Gasteiger partial charge in [0.25, 0.3) is 0 Å². The summed E-state index contributed by atoms with van der Waals surface area (Å²) in [5.74, 6) is 0.966. The van der Waals surface area contributed by atoms with Gasteiger partial charge in [0, 0.05) is 10.1 Å². The first-order valence-corrected chi connectivity index (χ1v) is 8.54.